The number of rotatable bonds is 8. The predicted octanol–water partition coefficient (Wildman–Crippen LogP) is 0.281. The van der Waals surface area contributed by atoms with Crippen molar-refractivity contribution in [1.82, 2.24) is 19.4 Å². The minimum atomic E-state index is -3.28. The van der Waals surface area contributed by atoms with Gasteiger partial charge in [-0.05, 0) is 31.7 Å². The summed E-state index contributed by atoms with van der Waals surface area (Å²) >= 11 is 0. The molecule has 2 fully saturated rings. The summed E-state index contributed by atoms with van der Waals surface area (Å²) in [5.74, 6) is -0.136. The zero-order chi connectivity index (χ0) is 17.9. The number of carbonyl (C=O) groups is 1. The number of hydrogen-bond donors (Lipinski definition) is 1. The standard InChI is InChI=1S/C16H26N4O4S/c1-13-10-18-19(11-13)6-2-5-17-16(21)9-14-12-24-8-7-20(14)25(22,23)15-3-4-15/h10-11,14-15H,2-9,12H2,1H3,(H,17,21)/t14-/m0/s1. The molecule has 1 aliphatic heterocycles. The van der Waals surface area contributed by atoms with Crippen LogP contribution in [0.2, 0.25) is 0 Å². The topological polar surface area (TPSA) is 93.5 Å². The molecule has 0 radical (unpaired) electrons. The number of nitrogens with one attached hydrogen (secondary N) is 1. The van der Waals surface area contributed by atoms with Gasteiger partial charge in [-0.2, -0.15) is 9.40 Å². The molecule has 1 atom stereocenters. The molecule has 2 heterocycles. The molecule has 0 unspecified atom stereocenters. The van der Waals surface area contributed by atoms with Crippen LogP contribution in [0.25, 0.3) is 0 Å². The molecule has 1 aliphatic carbocycles. The van der Waals surface area contributed by atoms with Crippen LogP contribution in [0, 0.1) is 6.92 Å². The molecule has 140 valence electrons. The van der Waals surface area contributed by atoms with Crippen molar-refractivity contribution in [3.05, 3.63) is 18.0 Å². The van der Waals surface area contributed by atoms with E-state index in [2.05, 4.69) is 10.4 Å². The highest BCUT2D eigenvalue weighted by molar-refractivity contribution is 7.90. The molecule has 0 spiro atoms. The van der Waals surface area contributed by atoms with Gasteiger partial charge in [0.05, 0.1) is 30.7 Å². The molecule has 1 N–H and O–H groups in total. The van der Waals surface area contributed by atoms with Crippen molar-refractivity contribution >= 4 is 15.9 Å². The summed E-state index contributed by atoms with van der Waals surface area (Å²) in [6.45, 7) is 4.29. The zero-order valence-corrected chi connectivity index (χ0v) is 15.4. The molecular formula is C16H26N4O4S. The van der Waals surface area contributed by atoms with Gasteiger partial charge in [-0.1, -0.05) is 0 Å². The lowest BCUT2D eigenvalue weighted by atomic mass is 10.2. The monoisotopic (exact) mass is 370 g/mol. The second-order valence-corrected chi connectivity index (χ2v) is 8.94. The minimum absolute atomic E-state index is 0.136. The van der Waals surface area contributed by atoms with Crippen LogP contribution >= 0.6 is 0 Å². The number of carbonyl (C=O) groups excluding carboxylic acids is 1. The molecule has 3 rings (SSSR count). The van der Waals surface area contributed by atoms with Crippen molar-refractivity contribution in [2.24, 2.45) is 0 Å². The highest BCUT2D eigenvalue weighted by Gasteiger charge is 2.44. The number of sulfonamides is 1. The number of nitrogens with zero attached hydrogens (tertiary/aromatic N) is 3. The first-order valence-electron chi connectivity index (χ1n) is 8.81. The molecule has 0 aromatic carbocycles. The molecule has 8 nitrogen and oxygen atoms in total. The Labute approximate surface area is 148 Å². The normalized spacial score (nSPS) is 22.0. The Kier molecular flexibility index (Phi) is 5.75. The Bertz CT molecular complexity index is 699. The maximum Gasteiger partial charge on any atom is 0.221 e. The molecule has 1 amide bonds. The van der Waals surface area contributed by atoms with Gasteiger partial charge in [-0.15, -0.1) is 0 Å². The summed E-state index contributed by atoms with van der Waals surface area (Å²) in [5.41, 5.74) is 1.11. The largest absolute Gasteiger partial charge is 0.378 e. The summed E-state index contributed by atoms with van der Waals surface area (Å²) in [6, 6.07) is -0.395. The van der Waals surface area contributed by atoms with Crippen LogP contribution in [-0.4, -0.2) is 66.0 Å². The molecule has 1 saturated carbocycles. The smallest absolute Gasteiger partial charge is 0.221 e. The Hall–Kier alpha value is -1.45. The predicted molar refractivity (Wildman–Crippen MR) is 92.5 cm³/mol. The van der Waals surface area contributed by atoms with E-state index in [0.717, 1.165) is 31.4 Å². The van der Waals surface area contributed by atoms with E-state index < -0.39 is 16.1 Å². The van der Waals surface area contributed by atoms with Crippen molar-refractivity contribution in [1.29, 1.82) is 0 Å². The molecule has 9 heteroatoms. The van der Waals surface area contributed by atoms with E-state index in [1.165, 1.54) is 4.31 Å². The fourth-order valence-electron chi connectivity index (χ4n) is 3.04. The lowest BCUT2D eigenvalue weighted by Gasteiger charge is -2.34. The van der Waals surface area contributed by atoms with Gasteiger partial charge >= 0.3 is 0 Å². The molecule has 0 bridgehead atoms. The van der Waals surface area contributed by atoms with Crippen LogP contribution in [0.3, 0.4) is 0 Å². The van der Waals surface area contributed by atoms with Gasteiger partial charge < -0.3 is 10.1 Å². The number of aromatic nitrogens is 2. The van der Waals surface area contributed by atoms with E-state index in [0.29, 0.717) is 19.7 Å². The summed E-state index contributed by atoms with van der Waals surface area (Å²) in [7, 11) is -3.28. The molecule has 2 aliphatic rings. The van der Waals surface area contributed by atoms with Crippen LogP contribution in [-0.2, 0) is 26.1 Å². The van der Waals surface area contributed by atoms with E-state index in [1.807, 2.05) is 17.8 Å². The maximum absolute atomic E-state index is 12.5. The van der Waals surface area contributed by atoms with E-state index in [1.54, 1.807) is 6.20 Å². The minimum Gasteiger partial charge on any atom is -0.378 e. The summed E-state index contributed by atoms with van der Waals surface area (Å²) in [6.07, 6.45) is 6.14. The fraction of sp³-hybridized carbons (Fsp3) is 0.750. The Morgan fingerprint density at radius 2 is 2.24 bits per heavy atom. The Morgan fingerprint density at radius 1 is 1.44 bits per heavy atom. The van der Waals surface area contributed by atoms with Gasteiger partial charge in [-0.3, -0.25) is 9.48 Å². The first-order chi connectivity index (χ1) is 12.0. The van der Waals surface area contributed by atoms with E-state index in [4.69, 9.17) is 4.74 Å². The fourth-order valence-corrected chi connectivity index (χ4v) is 5.03. The third-order valence-corrected chi connectivity index (χ3v) is 6.96. The third kappa shape index (κ3) is 4.80. The van der Waals surface area contributed by atoms with E-state index in [-0.39, 0.29) is 24.2 Å². The molecule has 1 saturated heterocycles. The average Bonchev–Trinajstić information content (AvgIpc) is 3.36. The number of morpholine rings is 1. The average molecular weight is 370 g/mol. The molecule has 1 aromatic rings. The van der Waals surface area contributed by atoms with Crippen LogP contribution in [0.5, 0.6) is 0 Å². The Balaban J connectivity index is 1.44. The van der Waals surface area contributed by atoms with Crippen molar-refractivity contribution in [3.8, 4) is 0 Å². The number of hydrogen-bond acceptors (Lipinski definition) is 5. The molecular weight excluding hydrogens is 344 g/mol. The van der Waals surface area contributed by atoms with Gasteiger partial charge in [0.2, 0.25) is 15.9 Å². The second-order valence-electron chi connectivity index (χ2n) is 6.77. The quantitative estimate of drug-likeness (QED) is 0.664. The number of aryl methyl sites for hydroxylation is 2. The third-order valence-electron chi connectivity index (χ3n) is 4.52. The van der Waals surface area contributed by atoms with E-state index >= 15 is 0 Å². The molecule has 1 aromatic heterocycles. The van der Waals surface area contributed by atoms with Crippen molar-refractivity contribution in [2.45, 2.75) is 50.4 Å². The SMILES string of the molecule is Cc1cnn(CCCNC(=O)C[C@H]2COCCN2S(=O)(=O)C2CC2)c1. The van der Waals surface area contributed by atoms with Crippen molar-refractivity contribution in [3.63, 3.8) is 0 Å². The van der Waals surface area contributed by atoms with Crippen molar-refractivity contribution < 1.29 is 17.9 Å². The first kappa shape index (κ1) is 18.3. The summed E-state index contributed by atoms with van der Waals surface area (Å²) in [5, 5.41) is 6.81. The Morgan fingerprint density at radius 3 is 2.92 bits per heavy atom. The lowest BCUT2D eigenvalue weighted by Crippen LogP contribution is -2.51. The lowest BCUT2D eigenvalue weighted by molar-refractivity contribution is -0.123. The summed E-state index contributed by atoms with van der Waals surface area (Å²) in [4.78, 5) is 12.2. The van der Waals surface area contributed by atoms with Crippen LogP contribution < -0.4 is 5.32 Å². The van der Waals surface area contributed by atoms with Gasteiger partial charge in [0, 0.05) is 32.3 Å². The first-order valence-corrected chi connectivity index (χ1v) is 10.3. The van der Waals surface area contributed by atoms with Crippen LogP contribution in [0.15, 0.2) is 12.4 Å². The van der Waals surface area contributed by atoms with Gasteiger partial charge in [0.25, 0.3) is 0 Å². The number of amides is 1. The molecule has 25 heavy (non-hydrogen) atoms. The zero-order valence-electron chi connectivity index (χ0n) is 14.6. The maximum atomic E-state index is 12.5. The second kappa shape index (κ2) is 7.84. The van der Waals surface area contributed by atoms with Crippen LogP contribution in [0.1, 0.15) is 31.2 Å². The van der Waals surface area contributed by atoms with Gasteiger partial charge in [0.15, 0.2) is 0 Å². The van der Waals surface area contributed by atoms with E-state index in [9.17, 15) is 13.2 Å². The highest BCUT2D eigenvalue weighted by Crippen LogP contribution is 2.33. The van der Waals surface area contributed by atoms with Crippen LogP contribution in [0.4, 0.5) is 0 Å². The van der Waals surface area contributed by atoms with Gasteiger partial charge in [0.1, 0.15) is 0 Å². The van der Waals surface area contributed by atoms with Crippen molar-refractivity contribution in [2.75, 3.05) is 26.3 Å². The van der Waals surface area contributed by atoms with Gasteiger partial charge in [-0.25, -0.2) is 8.42 Å². The summed E-state index contributed by atoms with van der Waals surface area (Å²) < 4.78 is 33.7. The highest BCUT2D eigenvalue weighted by atomic mass is 32.2. The number of ether oxygens (including phenoxy) is 1.